The Kier molecular flexibility index (Phi) is 3.84. The number of benzene rings is 2. The highest BCUT2D eigenvalue weighted by Crippen LogP contribution is 2.22. The lowest BCUT2D eigenvalue weighted by Crippen LogP contribution is -1.97. The Hall–Kier alpha value is -3.13. The number of hydrogen-bond acceptors (Lipinski definition) is 4. The van der Waals surface area contributed by atoms with Gasteiger partial charge >= 0.3 is 0 Å². The number of H-pyrrole nitrogens is 1. The molecular formula is C17H14N4O. The summed E-state index contributed by atoms with van der Waals surface area (Å²) in [5.74, 6) is 0.868. The molecule has 108 valence electrons. The van der Waals surface area contributed by atoms with Crippen LogP contribution in [0.25, 0.3) is 11.3 Å². The van der Waals surface area contributed by atoms with Gasteiger partial charge in [-0.25, -0.2) is 0 Å². The summed E-state index contributed by atoms with van der Waals surface area (Å²) in [6.45, 7) is 2.47. The lowest BCUT2D eigenvalue weighted by atomic mass is 10.1. The molecule has 0 atom stereocenters. The normalized spacial score (nSPS) is 10.2. The first-order valence-corrected chi connectivity index (χ1v) is 6.86. The molecular weight excluding hydrogens is 276 g/mol. The van der Waals surface area contributed by atoms with Crippen molar-refractivity contribution in [3.05, 3.63) is 65.4 Å². The van der Waals surface area contributed by atoms with E-state index < -0.39 is 0 Å². The highest BCUT2D eigenvalue weighted by Gasteiger charge is 2.10. The fraction of sp³-hybridized carbons (Fsp3) is 0.118. The molecule has 1 N–H and O–H groups in total. The number of hydrogen-bond donors (Lipinski definition) is 1. The molecule has 3 aromatic rings. The highest BCUT2D eigenvalue weighted by atomic mass is 16.5. The second-order valence-electron chi connectivity index (χ2n) is 4.89. The van der Waals surface area contributed by atoms with Crippen molar-refractivity contribution in [2.75, 3.05) is 0 Å². The maximum absolute atomic E-state index is 9.02. The number of aromatic amines is 1. The van der Waals surface area contributed by atoms with Gasteiger partial charge in [-0.05, 0) is 30.2 Å². The largest absolute Gasteiger partial charge is 0.489 e. The summed E-state index contributed by atoms with van der Waals surface area (Å²) in [5, 5.41) is 19.4. The monoisotopic (exact) mass is 290 g/mol. The zero-order valence-corrected chi connectivity index (χ0v) is 12.1. The van der Waals surface area contributed by atoms with Gasteiger partial charge in [0.2, 0.25) is 0 Å². The number of para-hydroxylation sites is 1. The van der Waals surface area contributed by atoms with Gasteiger partial charge < -0.3 is 4.74 Å². The number of aryl methyl sites for hydroxylation is 1. The van der Waals surface area contributed by atoms with Crippen molar-refractivity contribution < 1.29 is 4.74 Å². The molecule has 0 aliphatic rings. The minimum Gasteiger partial charge on any atom is -0.489 e. The Labute approximate surface area is 128 Å². The molecule has 2 aromatic carbocycles. The minimum atomic E-state index is 0.289. The van der Waals surface area contributed by atoms with Gasteiger partial charge in [-0.2, -0.15) is 15.6 Å². The zero-order chi connectivity index (χ0) is 15.4. The summed E-state index contributed by atoms with van der Waals surface area (Å²) in [4.78, 5) is 0. The summed E-state index contributed by atoms with van der Waals surface area (Å²) >= 11 is 0. The molecule has 0 unspecified atom stereocenters. The van der Waals surface area contributed by atoms with Gasteiger partial charge in [0.25, 0.3) is 0 Å². The molecule has 0 aliphatic heterocycles. The maximum atomic E-state index is 9.02. The summed E-state index contributed by atoms with van der Waals surface area (Å²) in [6, 6.07) is 17.7. The molecule has 5 nitrogen and oxygen atoms in total. The van der Waals surface area contributed by atoms with E-state index in [1.165, 1.54) is 0 Å². The van der Waals surface area contributed by atoms with Crippen LogP contribution in [0.1, 0.15) is 16.8 Å². The van der Waals surface area contributed by atoms with E-state index in [2.05, 4.69) is 15.4 Å². The quantitative estimate of drug-likeness (QED) is 0.800. The molecule has 0 aliphatic carbocycles. The van der Waals surface area contributed by atoms with Crippen LogP contribution in [0.5, 0.6) is 5.75 Å². The first kappa shape index (κ1) is 13.8. The fourth-order valence-corrected chi connectivity index (χ4v) is 2.20. The van der Waals surface area contributed by atoms with Crippen molar-refractivity contribution in [1.82, 2.24) is 15.4 Å². The summed E-state index contributed by atoms with van der Waals surface area (Å²) in [7, 11) is 0. The van der Waals surface area contributed by atoms with Crippen LogP contribution >= 0.6 is 0 Å². The fourth-order valence-electron chi connectivity index (χ4n) is 2.20. The van der Waals surface area contributed by atoms with Gasteiger partial charge in [0, 0.05) is 5.56 Å². The topological polar surface area (TPSA) is 74.6 Å². The van der Waals surface area contributed by atoms with E-state index in [4.69, 9.17) is 10.00 Å². The Morgan fingerprint density at radius 2 is 2.00 bits per heavy atom. The predicted molar refractivity (Wildman–Crippen MR) is 82.0 cm³/mol. The van der Waals surface area contributed by atoms with E-state index in [1.54, 1.807) is 0 Å². The lowest BCUT2D eigenvalue weighted by molar-refractivity contribution is 0.304. The Morgan fingerprint density at radius 3 is 2.82 bits per heavy atom. The van der Waals surface area contributed by atoms with Crippen LogP contribution in [-0.2, 0) is 6.61 Å². The minimum absolute atomic E-state index is 0.289. The van der Waals surface area contributed by atoms with Crippen LogP contribution in [0.2, 0.25) is 0 Å². The van der Waals surface area contributed by atoms with E-state index >= 15 is 0 Å². The molecule has 0 radical (unpaired) electrons. The number of ether oxygens (including phenoxy) is 1. The number of nitriles is 1. The van der Waals surface area contributed by atoms with Crippen molar-refractivity contribution >= 4 is 0 Å². The summed E-state index contributed by atoms with van der Waals surface area (Å²) in [6.07, 6.45) is 0. The van der Waals surface area contributed by atoms with E-state index in [0.29, 0.717) is 12.3 Å². The van der Waals surface area contributed by atoms with Crippen molar-refractivity contribution in [3.63, 3.8) is 0 Å². The molecule has 22 heavy (non-hydrogen) atoms. The number of rotatable bonds is 4. The van der Waals surface area contributed by atoms with Crippen molar-refractivity contribution in [2.24, 2.45) is 0 Å². The number of nitrogens with zero attached hydrogens (tertiary/aromatic N) is 3. The summed E-state index contributed by atoms with van der Waals surface area (Å²) < 4.78 is 5.84. The van der Waals surface area contributed by atoms with Crippen LogP contribution in [0.4, 0.5) is 0 Å². The van der Waals surface area contributed by atoms with Crippen LogP contribution in [-0.4, -0.2) is 15.4 Å². The van der Waals surface area contributed by atoms with Crippen LogP contribution in [0.3, 0.4) is 0 Å². The van der Waals surface area contributed by atoms with E-state index in [9.17, 15) is 0 Å². The number of aromatic nitrogens is 3. The predicted octanol–water partition coefficient (Wildman–Crippen LogP) is 3.23. The molecule has 0 fully saturated rings. The first-order chi connectivity index (χ1) is 10.8. The smallest absolute Gasteiger partial charge is 0.190 e. The Morgan fingerprint density at radius 1 is 1.14 bits per heavy atom. The molecule has 3 rings (SSSR count). The van der Waals surface area contributed by atoms with E-state index in [0.717, 1.165) is 22.4 Å². The van der Waals surface area contributed by atoms with Crippen LogP contribution < -0.4 is 4.74 Å². The molecule has 1 aromatic heterocycles. The highest BCUT2D eigenvalue weighted by molar-refractivity contribution is 5.64. The molecule has 0 saturated carbocycles. The SMILES string of the molecule is Cc1ccccc1OCc1cccc(-c2n[nH]nc2C#N)c1. The lowest BCUT2D eigenvalue weighted by Gasteiger charge is -2.09. The third kappa shape index (κ3) is 2.81. The molecule has 0 bridgehead atoms. The molecule has 0 spiro atoms. The zero-order valence-electron chi connectivity index (χ0n) is 12.1. The summed E-state index contributed by atoms with van der Waals surface area (Å²) in [5.41, 5.74) is 3.79. The standard InChI is InChI=1S/C17H14N4O/c1-12-5-2-3-8-16(12)22-11-13-6-4-7-14(9-13)17-15(10-18)19-21-20-17/h2-9H,11H2,1H3,(H,19,20,21). The Bertz CT molecular complexity index is 832. The first-order valence-electron chi connectivity index (χ1n) is 6.86. The second kappa shape index (κ2) is 6.10. The van der Waals surface area contributed by atoms with Crippen molar-refractivity contribution in [1.29, 1.82) is 5.26 Å². The average molecular weight is 290 g/mol. The van der Waals surface area contributed by atoms with Gasteiger partial charge in [-0.1, -0.05) is 36.4 Å². The van der Waals surface area contributed by atoms with Crippen LogP contribution in [0.15, 0.2) is 48.5 Å². The maximum Gasteiger partial charge on any atom is 0.190 e. The third-order valence-corrected chi connectivity index (χ3v) is 3.34. The second-order valence-corrected chi connectivity index (χ2v) is 4.89. The average Bonchev–Trinajstić information content (AvgIpc) is 3.03. The van der Waals surface area contributed by atoms with Crippen molar-refractivity contribution in [2.45, 2.75) is 13.5 Å². The van der Waals surface area contributed by atoms with Gasteiger partial charge in [0.15, 0.2) is 5.69 Å². The Balaban J connectivity index is 1.81. The molecule has 5 heteroatoms. The van der Waals surface area contributed by atoms with Gasteiger partial charge in [0.1, 0.15) is 24.1 Å². The van der Waals surface area contributed by atoms with Crippen molar-refractivity contribution in [3.8, 4) is 23.1 Å². The molecule has 0 saturated heterocycles. The third-order valence-electron chi connectivity index (χ3n) is 3.34. The molecule has 1 heterocycles. The van der Waals surface area contributed by atoms with Gasteiger partial charge in [-0.15, -0.1) is 5.10 Å². The van der Waals surface area contributed by atoms with E-state index in [1.807, 2.05) is 61.5 Å². The van der Waals surface area contributed by atoms with Crippen LogP contribution in [0, 0.1) is 18.3 Å². The number of nitrogens with one attached hydrogen (secondary N) is 1. The van der Waals surface area contributed by atoms with Gasteiger partial charge in [-0.3, -0.25) is 0 Å². The van der Waals surface area contributed by atoms with Gasteiger partial charge in [0.05, 0.1) is 0 Å². The molecule has 0 amide bonds. The van der Waals surface area contributed by atoms with E-state index in [-0.39, 0.29) is 5.69 Å².